The number of carbonyl (C=O) groups excluding carboxylic acids is 2. The van der Waals surface area contributed by atoms with E-state index >= 15 is 0 Å². The number of esters is 1. The highest BCUT2D eigenvalue weighted by Gasteiger charge is 2.17. The lowest BCUT2D eigenvalue weighted by Crippen LogP contribution is -2.09. The number of halogens is 1. The van der Waals surface area contributed by atoms with E-state index < -0.39 is 5.97 Å². The van der Waals surface area contributed by atoms with Crippen molar-refractivity contribution in [2.24, 2.45) is 0 Å². The van der Waals surface area contributed by atoms with E-state index in [1.54, 1.807) is 25.1 Å². The molecule has 0 radical (unpaired) electrons. The summed E-state index contributed by atoms with van der Waals surface area (Å²) in [6.45, 7) is 1.78. The predicted octanol–water partition coefficient (Wildman–Crippen LogP) is 5.19. The maximum Gasteiger partial charge on any atom is 0.306 e. The smallest absolute Gasteiger partial charge is 0.306 e. The second-order valence-corrected chi connectivity index (χ2v) is 7.79. The van der Waals surface area contributed by atoms with Gasteiger partial charge in [-0.3, -0.25) is 9.59 Å². The number of methoxy groups -OCH3 is 1. The van der Waals surface area contributed by atoms with Crippen molar-refractivity contribution in [2.75, 3.05) is 7.11 Å². The summed E-state index contributed by atoms with van der Waals surface area (Å²) in [6.07, 6.45) is 0.00702. The normalized spacial score (nSPS) is 10.7. The van der Waals surface area contributed by atoms with Crippen molar-refractivity contribution in [2.45, 2.75) is 26.4 Å². The number of Topliss-reactive ketones (excluding diaryl/α,β-unsaturated/α-hetero) is 1. The molecule has 2 heterocycles. The number of thiophene rings is 1. The van der Waals surface area contributed by atoms with Gasteiger partial charge in [0.15, 0.2) is 5.78 Å². The topological polar surface area (TPSA) is 78.6 Å². The molecule has 0 saturated carbocycles. The third-order valence-electron chi connectivity index (χ3n) is 4.01. The van der Waals surface area contributed by atoms with Gasteiger partial charge in [-0.25, -0.2) is 4.98 Å². The highest BCUT2D eigenvalue weighted by atomic mass is 79.9. The standard InChI is InChI=1S/C20H18BrNO5S/c1-12-15(22-20(27-12)18-4-3-9-28-18)11-26-19(24)8-6-16(23)14-10-13(21)5-7-17(14)25-2/h3-5,7,9-10H,6,8,11H2,1-2H3. The molecule has 146 valence electrons. The molecule has 0 aliphatic carbocycles. The molecule has 0 bridgehead atoms. The quantitative estimate of drug-likeness (QED) is 0.337. The number of oxazole rings is 1. The van der Waals surface area contributed by atoms with E-state index in [9.17, 15) is 9.59 Å². The van der Waals surface area contributed by atoms with E-state index in [0.717, 1.165) is 9.35 Å². The second-order valence-electron chi connectivity index (χ2n) is 5.93. The monoisotopic (exact) mass is 463 g/mol. The molecule has 8 heteroatoms. The molecule has 0 aliphatic heterocycles. The fourth-order valence-corrected chi connectivity index (χ4v) is 3.55. The zero-order chi connectivity index (χ0) is 20.1. The number of hydrogen-bond donors (Lipinski definition) is 0. The Morgan fingerprint density at radius 3 is 2.79 bits per heavy atom. The molecule has 6 nitrogen and oxygen atoms in total. The number of ether oxygens (including phenoxy) is 2. The third-order valence-corrected chi connectivity index (χ3v) is 5.36. The number of benzene rings is 1. The van der Waals surface area contributed by atoms with Crippen molar-refractivity contribution in [1.29, 1.82) is 0 Å². The summed E-state index contributed by atoms with van der Waals surface area (Å²) in [6, 6.07) is 8.99. The van der Waals surface area contributed by atoms with Crippen molar-refractivity contribution < 1.29 is 23.5 Å². The van der Waals surface area contributed by atoms with Crippen LogP contribution < -0.4 is 4.74 Å². The van der Waals surface area contributed by atoms with Gasteiger partial charge in [0.05, 0.1) is 24.0 Å². The summed E-state index contributed by atoms with van der Waals surface area (Å²) in [5, 5.41) is 1.94. The van der Waals surface area contributed by atoms with E-state index in [1.165, 1.54) is 18.4 Å². The van der Waals surface area contributed by atoms with E-state index in [0.29, 0.717) is 28.7 Å². The maximum atomic E-state index is 12.4. The van der Waals surface area contributed by atoms with Gasteiger partial charge in [-0.2, -0.15) is 0 Å². The first-order valence-corrected chi connectivity index (χ1v) is 10.2. The number of nitrogens with zero attached hydrogens (tertiary/aromatic N) is 1. The molecule has 0 atom stereocenters. The lowest BCUT2D eigenvalue weighted by atomic mass is 10.1. The molecule has 0 spiro atoms. The number of ketones is 1. The molecular weight excluding hydrogens is 446 g/mol. The Kier molecular flexibility index (Phi) is 6.64. The SMILES string of the molecule is COc1ccc(Br)cc1C(=O)CCC(=O)OCc1nc(-c2cccs2)oc1C. The van der Waals surface area contributed by atoms with Gasteiger partial charge in [0.1, 0.15) is 23.8 Å². The molecule has 0 amide bonds. The molecule has 0 saturated heterocycles. The molecule has 2 aromatic heterocycles. The molecule has 3 rings (SSSR count). The average Bonchev–Trinajstić information content (AvgIpc) is 3.34. The van der Waals surface area contributed by atoms with Crippen LogP contribution in [0.4, 0.5) is 0 Å². The molecule has 28 heavy (non-hydrogen) atoms. The van der Waals surface area contributed by atoms with Crippen molar-refractivity contribution >= 4 is 39.0 Å². The summed E-state index contributed by atoms with van der Waals surface area (Å²) in [4.78, 5) is 29.7. The maximum absolute atomic E-state index is 12.4. The minimum absolute atomic E-state index is 0.00788. The van der Waals surface area contributed by atoms with Crippen LogP contribution in [0.3, 0.4) is 0 Å². The van der Waals surface area contributed by atoms with E-state index in [1.807, 2.05) is 17.5 Å². The van der Waals surface area contributed by atoms with Crippen LogP contribution in [0.2, 0.25) is 0 Å². The number of aryl methyl sites for hydroxylation is 1. The Hall–Kier alpha value is -2.45. The highest BCUT2D eigenvalue weighted by Crippen LogP contribution is 2.27. The van der Waals surface area contributed by atoms with Gasteiger partial charge in [-0.05, 0) is 36.6 Å². The van der Waals surface area contributed by atoms with Crippen LogP contribution >= 0.6 is 27.3 Å². The first-order valence-electron chi connectivity index (χ1n) is 8.50. The lowest BCUT2D eigenvalue weighted by Gasteiger charge is -2.08. The van der Waals surface area contributed by atoms with Gasteiger partial charge in [0.2, 0.25) is 5.89 Å². The van der Waals surface area contributed by atoms with Crippen LogP contribution in [0.1, 0.15) is 34.7 Å². The molecule has 3 aromatic rings. The van der Waals surface area contributed by atoms with Gasteiger partial charge in [-0.1, -0.05) is 22.0 Å². The van der Waals surface area contributed by atoms with Crippen LogP contribution in [0, 0.1) is 6.92 Å². The molecule has 0 aliphatic rings. The van der Waals surface area contributed by atoms with Gasteiger partial charge in [0, 0.05) is 10.9 Å². The average molecular weight is 464 g/mol. The summed E-state index contributed by atoms with van der Waals surface area (Å²) < 4.78 is 16.8. The van der Waals surface area contributed by atoms with Crippen LogP contribution in [-0.4, -0.2) is 23.8 Å². The van der Waals surface area contributed by atoms with Crippen LogP contribution in [0.5, 0.6) is 5.75 Å². The fraction of sp³-hybridized carbons (Fsp3) is 0.250. The third kappa shape index (κ3) is 4.88. The first-order chi connectivity index (χ1) is 13.5. The Labute approximate surface area is 174 Å². The van der Waals surface area contributed by atoms with Gasteiger partial charge < -0.3 is 13.9 Å². The summed E-state index contributed by atoms with van der Waals surface area (Å²) in [7, 11) is 1.50. The van der Waals surface area contributed by atoms with Crippen molar-refractivity contribution in [1.82, 2.24) is 4.98 Å². The zero-order valence-electron chi connectivity index (χ0n) is 15.4. The predicted molar refractivity (Wildman–Crippen MR) is 109 cm³/mol. The Balaban J connectivity index is 1.54. The number of hydrogen-bond acceptors (Lipinski definition) is 7. The largest absolute Gasteiger partial charge is 0.496 e. The van der Waals surface area contributed by atoms with Crippen molar-refractivity contribution in [3.63, 3.8) is 0 Å². The summed E-state index contributed by atoms with van der Waals surface area (Å²) >= 11 is 4.85. The van der Waals surface area contributed by atoms with Crippen molar-refractivity contribution in [3.8, 4) is 16.5 Å². The summed E-state index contributed by atoms with van der Waals surface area (Å²) in [5.74, 6) is 0.928. The van der Waals surface area contributed by atoms with E-state index in [-0.39, 0.29) is 25.2 Å². The van der Waals surface area contributed by atoms with Gasteiger partial charge in [0.25, 0.3) is 0 Å². The Morgan fingerprint density at radius 2 is 2.07 bits per heavy atom. The van der Waals surface area contributed by atoms with Crippen LogP contribution in [-0.2, 0) is 16.1 Å². The van der Waals surface area contributed by atoms with Crippen molar-refractivity contribution in [3.05, 3.63) is 57.2 Å². The number of aromatic nitrogens is 1. The highest BCUT2D eigenvalue weighted by molar-refractivity contribution is 9.10. The zero-order valence-corrected chi connectivity index (χ0v) is 17.8. The molecule has 1 aromatic carbocycles. The van der Waals surface area contributed by atoms with Crippen LogP contribution in [0.15, 0.2) is 44.6 Å². The van der Waals surface area contributed by atoms with Crippen LogP contribution in [0.25, 0.3) is 10.8 Å². The molecule has 0 fully saturated rings. The van der Waals surface area contributed by atoms with Gasteiger partial charge >= 0.3 is 5.97 Å². The van der Waals surface area contributed by atoms with E-state index in [2.05, 4.69) is 20.9 Å². The fourth-order valence-electron chi connectivity index (χ4n) is 2.54. The first kappa shape index (κ1) is 20.3. The minimum atomic E-state index is -0.470. The van der Waals surface area contributed by atoms with E-state index in [4.69, 9.17) is 13.9 Å². The second kappa shape index (κ2) is 9.16. The molecular formula is C20H18BrNO5S. The lowest BCUT2D eigenvalue weighted by molar-refractivity contribution is -0.145. The number of carbonyl (C=O) groups is 2. The minimum Gasteiger partial charge on any atom is -0.496 e. The Bertz CT molecular complexity index is 981. The summed E-state index contributed by atoms with van der Waals surface area (Å²) in [5.41, 5.74) is 0.995. The molecule has 0 N–H and O–H groups in total. The number of rotatable bonds is 8. The van der Waals surface area contributed by atoms with Gasteiger partial charge in [-0.15, -0.1) is 11.3 Å². The Morgan fingerprint density at radius 1 is 1.25 bits per heavy atom. The molecule has 0 unspecified atom stereocenters.